The number of rotatable bonds is 5. The number of carbonyl (C=O) groups excluding carboxylic acids is 1. The third kappa shape index (κ3) is 3.31. The summed E-state index contributed by atoms with van der Waals surface area (Å²) in [4.78, 5) is 20.0. The molecule has 1 unspecified atom stereocenters. The maximum atomic E-state index is 12.5. The minimum absolute atomic E-state index is 0.00587. The number of amides is 1. The zero-order chi connectivity index (χ0) is 17.2. The molecule has 0 saturated carbocycles. The number of fused-ring (bicyclic) bond motifs is 3. The van der Waals surface area contributed by atoms with Gasteiger partial charge in [0.05, 0.1) is 6.33 Å². The fourth-order valence-corrected chi connectivity index (χ4v) is 3.72. The molecule has 1 amide bonds. The van der Waals surface area contributed by atoms with Gasteiger partial charge in [-0.2, -0.15) is 0 Å². The number of hydrogen-bond donors (Lipinski definition) is 2. The van der Waals surface area contributed by atoms with Crippen LogP contribution in [0.5, 0.6) is 0 Å². The summed E-state index contributed by atoms with van der Waals surface area (Å²) in [5.74, 6) is 0.721. The van der Waals surface area contributed by atoms with Crippen LogP contribution in [-0.4, -0.2) is 27.0 Å². The van der Waals surface area contributed by atoms with E-state index in [0.717, 1.165) is 36.9 Å². The van der Waals surface area contributed by atoms with Gasteiger partial charge in [-0.25, -0.2) is 4.98 Å². The Labute approximate surface area is 147 Å². The zero-order valence-corrected chi connectivity index (χ0v) is 14.6. The van der Waals surface area contributed by atoms with Crippen molar-refractivity contribution in [2.45, 2.75) is 39.2 Å². The first-order valence-electron chi connectivity index (χ1n) is 9.08. The summed E-state index contributed by atoms with van der Waals surface area (Å²) in [6.07, 6.45) is 9.85. The lowest BCUT2D eigenvalue weighted by Gasteiger charge is -2.18. The molecule has 1 atom stereocenters. The van der Waals surface area contributed by atoms with E-state index >= 15 is 0 Å². The van der Waals surface area contributed by atoms with Crippen molar-refractivity contribution in [3.05, 3.63) is 53.7 Å². The molecule has 25 heavy (non-hydrogen) atoms. The van der Waals surface area contributed by atoms with Gasteiger partial charge in [-0.05, 0) is 55.4 Å². The monoisotopic (exact) mass is 336 g/mol. The van der Waals surface area contributed by atoms with Crippen LogP contribution < -0.4 is 5.32 Å². The molecular weight excluding hydrogens is 312 g/mol. The molecule has 130 valence electrons. The number of aryl methyl sites for hydroxylation is 2. The molecule has 5 nitrogen and oxygen atoms in total. The van der Waals surface area contributed by atoms with Crippen LogP contribution in [0, 0.1) is 5.92 Å². The standard InChI is InChI=1S/C20H24N4O/c1-14-3-5-18-16(11-14)17-12-15(4-6-19(17)23-18)20(25)22-7-2-9-24-10-8-21-13-24/h4,6,8,10,12-14,23H,2-3,5,7,9,11H2,1H3,(H,22,25). The van der Waals surface area contributed by atoms with Crippen molar-refractivity contribution in [1.82, 2.24) is 19.9 Å². The number of imidazole rings is 1. The van der Waals surface area contributed by atoms with Crippen molar-refractivity contribution in [2.75, 3.05) is 6.54 Å². The SMILES string of the molecule is CC1CCc2[nH]c3ccc(C(=O)NCCCn4ccnc4)cc3c2C1. The van der Waals surface area contributed by atoms with E-state index in [1.807, 2.05) is 29.0 Å². The number of hydrogen-bond acceptors (Lipinski definition) is 2. The Morgan fingerprint density at radius 2 is 2.36 bits per heavy atom. The molecule has 0 saturated heterocycles. The Hall–Kier alpha value is -2.56. The van der Waals surface area contributed by atoms with Crippen molar-refractivity contribution in [2.24, 2.45) is 5.92 Å². The second-order valence-electron chi connectivity index (χ2n) is 7.10. The molecule has 0 aliphatic heterocycles. The van der Waals surface area contributed by atoms with Crippen molar-refractivity contribution in [3.8, 4) is 0 Å². The summed E-state index contributed by atoms with van der Waals surface area (Å²) in [5, 5.41) is 4.24. The molecule has 0 bridgehead atoms. The number of aromatic nitrogens is 3. The summed E-state index contributed by atoms with van der Waals surface area (Å²) >= 11 is 0. The third-order valence-electron chi connectivity index (χ3n) is 5.13. The molecule has 4 rings (SSSR count). The first kappa shape index (κ1) is 15.9. The van der Waals surface area contributed by atoms with Crippen molar-refractivity contribution >= 4 is 16.8 Å². The van der Waals surface area contributed by atoms with Gasteiger partial charge in [-0.3, -0.25) is 4.79 Å². The van der Waals surface area contributed by atoms with E-state index < -0.39 is 0 Å². The van der Waals surface area contributed by atoms with E-state index in [1.165, 1.54) is 23.1 Å². The van der Waals surface area contributed by atoms with Crippen LogP contribution in [0.15, 0.2) is 36.9 Å². The third-order valence-corrected chi connectivity index (χ3v) is 5.13. The van der Waals surface area contributed by atoms with Gasteiger partial charge < -0.3 is 14.9 Å². The number of nitrogens with zero attached hydrogens (tertiary/aromatic N) is 2. The summed E-state index contributed by atoms with van der Waals surface area (Å²) in [6, 6.07) is 6.01. The van der Waals surface area contributed by atoms with E-state index in [2.05, 4.69) is 22.2 Å². The minimum Gasteiger partial charge on any atom is -0.358 e. The smallest absolute Gasteiger partial charge is 0.251 e. The summed E-state index contributed by atoms with van der Waals surface area (Å²) in [7, 11) is 0. The van der Waals surface area contributed by atoms with Gasteiger partial charge in [0.15, 0.2) is 0 Å². The van der Waals surface area contributed by atoms with Gasteiger partial charge in [0.25, 0.3) is 5.91 Å². The van der Waals surface area contributed by atoms with Gasteiger partial charge >= 0.3 is 0 Å². The quantitative estimate of drug-likeness (QED) is 0.702. The molecule has 1 aromatic carbocycles. The Balaban J connectivity index is 1.43. The average Bonchev–Trinajstić information content (AvgIpc) is 3.25. The molecular formula is C20H24N4O. The number of carbonyl (C=O) groups is 1. The highest BCUT2D eigenvalue weighted by Crippen LogP contribution is 2.32. The van der Waals surface area contributed by atoms with Crippen LogP contribution in [0.4, 0.5) is 0 Å². The molecule has 1 aliphatic rings. The van der Waals surface area contributed by atoms with E-state index in [0.29, 0.717) is 12.5 Å². The lowest BCUT2D eigenvalue weighted by Crippen LogP contribution is -2.25. The number of aromatic amines is 1. The predicted molar refractivity (Wildman–Crippen MR) is 98.7 cm³/mol. The Morgan fingerprint density at radius 1 is 1.44 bits per heavy atom. The highest BCUT2D eigenvalue weighted by atomic mass is 16.1. The van der Waals surface area contributed by atoms with E-state index in [1.54, 1.807) is 12.5 Å². The van der Waals surface area contributed by atoms with E-state index in [4.69, 9.17) is 0 Å². The van der Waals surface area contributed by atoms with Crippen LogP contribution >= 0.6 is 0 Å². The molecule has 2 heterocycles. The fraction of sp³-hybridized carbons (Fsp3) is 0.400. The van der Waals surface area contributed by atoms with Crippen LogP contribution in [0.3, 0.4) is 0 Å². The van der Waals surface area contributed by atoms with Gasteiger partial charge in [0, 0.05) is 47.6 Å². The number of H-pyrrole nitrogens is 1. The lowest BCUT2D eigenvalue weighted by atomic mass is 9.87. The fourth-order valence-electron chi connectivity index (χ4n) is 3.72. The molecule has 0 radical (unpaired) electrons. The van der Waals surface area contributed by atoms with Crippen LogP contribution in [0.25, 0.3) is 10.9 Å². The first-order valence-corrected chi connectivity index (χ1v) is 9.08. The second-order valence-corrected chi connectivity index (χ2v) is 7.10. The summed E-state index contributed by atoms with van der Waals surface area (Å²) in [5.41, 5.74) is 4.65. The molecule has 1 aliphatic carbocycles. The zero-order valence-electron chi connectivity index (χ0n) is 14.6. The van der Waals surface area contributed by atoms with Crippen LogP contribution in [0.2, 0.25) is 0 Å². The average molecular weight is 336 g/mol. The Kier molecular flexibility index (Phi) is 4.30. The molecule has 5 heteroatoms. The predicted octanol–water partition coefficient (Wildman–Crippen LogP) is 3.31. The number of benzene rings is 1. The van der Waals surface area contributed by atoms with E-state index in [-0.39, 0.29) is 5.91 Å². The first-order chi connectivity index (χ1) is 12.2. The molecule has 2 N–H and O–H groups in total. The van der Waals surface area contributed by atoms with Crippen molar-refractivity contribution in [1.29, 1.82) is 0 Å². The van der Waals surface area contributed by atoms with Gasteiger partial charge in [0.1, 0.15) is 0 Å². The minimum atomic E-state index is 0.00587. The molecule has 0 spiro atoms. The van der Waals surface area contributed by atoms with Crippen LogP contribution in [-0.2, 0) is 19.4 Å². The Morgan fingerprint density at radius 3 is 3.20 bits per heavy atom. The van der Waals surface area contributed by atoms with Gasteiger partial charge in [-0.15, -0.1) is 0 Å². The van der Waals surface area contributed by atoms with Gasteiger partial charge in [-0.1, -0.05) is 6.92 Å². The van der Waals surface area contributed by atoms with E-state index in [9.17, 15) is 4.79 Å². The molecule has 0 fully saturated rings. The number of nitrogens with one attached hydrogen (secondary N) is 2. The maximum Gasteiger partial charge on any atom is 0.251 e. The highest BCUT2D eigenvalue weighted by Gasteiger charge is 2.20. The molecule has 2 aromatic heterocycles. The lowest BCUT2D eigenvalue weighted by molar-refractivity contribution is 0.0953. The van der Waals surface area contributed by atoms with Crippen LogP contribution in [0.1, 0.15) is 41.4 Å². The van der Waals surface area contributed by atoms with Crippen molar-refractivity contribution in [3.63, 3.8) is 0 Å². The second kappa shape index (κ2) is 6.75. The normalized spacial score (nSPS) is 16.8. The van der Waals surface area contributed by atoms with Gasteiger partial charge in [0.2, 0.25) is 0 Å². The maximum absolute atomic E-state index is 12.5. The molecule has 3 aromatic rings. The summed E-state index contributed by atoms with van der Waals surface area (Å²) < 4.78 is 2.02. The Bertz CT molecular complexity index is 879. The van der Waals surface area contributed by atoms with Crippen molar-refractivity contribution < 1.29 is 4.79 Å². The highest BCUT2D eigenvalue weighted by molar-refractivity contribution is 5.99. The largest absolute Gasteiger partial charge is 0.358 e. The topological polar surface area (TPSA) is 62.7 Å². The summed E-state index contributed by atoms with van der Waals surface area (Å²) in [6.45, 7) is 3.83.